The molecule has 0 aliphatic carbocycles. The van der Waals surface area contributed by atoms with Crippen molar-refractivity contribution in [2.24, 2.45) is 5.92 Å². The molecule has 0 aromatic heterocycles. The van der Waals surface area contributed by atoms with Crippen LogP contribution in [0.5, 0.6) is 0 Å². The highest BCUT2D eigenvalue weighted by atomic mass is 16.5. The third-order valence-corrected chi connectivity index (χ3v) is 3.42. The van der Waals surface area contributed by atoms with Crippen LogP contribution in [-0.2, 0) is 20.7 Å². The van der Waals surface area contributed by atoms with Crippen LogP contribution in [0.3, 0.4) is 0 Å². The number of carboxylic acids is 1. The molecule has 0 radical (unpaired) electrons. The fraction of sp³-hybridized carbons (Fsp3) is 0.529. The molecule has 1 atom stereocenters. The minimum Gasteiger partial charge on any atom is -0.481 e. The van der Waals surface area contributed by atoms with E-state index in [1.54, 1.807) is 6.92 Å². The Morgan fingerprint density at radius 3 is 2.38 bits per heavy atom. The molecular weight excluding hydrogens is 268 g/mol. The van der Waals surface area contributed by atoms with Gasteiger partial charge in [-0.25, -0.2) is 0 Å². The molecular formula is C17H24O4. The Bertz CT molecular complexity index is 428. The van der Waals surface area contributed by atoms with Crippen LogP contribution in [-0.4, -0.2) is 23.7 Å². The number of unbranched alkanes of at least 4 members (excludes halogenated alkanes) is 3. The van der Waals surface area contributed by atoms with Crippen LogP contribution in [0.1, 0.15) is 44.6 Å². The van der Waals surface area contributed by atoms with Crippen LogP contribution in [0, 0.1) is 5.92 Å². The molecule has 0 aliphatic heterocycles. The summed E-state index contributed by atoms with van der Waals surface area (Å²) in [5.74, 6) is -2.72. The van der Waals surface area contributed by atoms with E-state index >= 15 is 0 Å². The number of aliphatic carboxylic acids is 1. The van der Waals surface area contributed by atoms with Gasteiger partial charge in [-0.1, -0.05) is 49.6 Å². The molecule has 0 spiro atoms. The quantitative estimate of drug-likeness (QED) is 0.407. The molecule has 4 nitrogen and oxygen atoms in total. The van der Waals surface area contributed by atoms with Crippen molar-refractivity contribution in [2.75, 3.05) is 6.61 Å². The summed E-state index contributed by atoms with van der Waals surface area (Å²) in [7, 11) is 0. The monoisotopic (exact) mass is 292 g/mol. The molecule has 0 heterocycles. The normalized spacial score (nSPS) is 11.9. The summed E-state index contributed by atoms with van der Waals surface area (Å²) in [6, 6.07) is 10.3. The number of aryl methyl sites for hydroxylation is 1. The number of carboxylic acid groups (broad SMARTS) is 1. The fourth-order valence-corrected chi connectivity index (χ4v) is 2.26. The van der Waals surface area contributed by atoms with Crippen LogP contribution < -0.4 is 0 Å². The van der Waals surface area contributed by atoms with Crippen molar-refractivity contribution < 1.29 is 19.4 Å². The van der Waals surface area contributed by atoms with Crippen LogP contribution >= 0.6 is 0 Å². The zero-order valence-corrected chi connectivity index (χ0v) is 12.6. The highest BCUT2D eigenvalue weighted by molar-refractivity contribution is 5.93. The van der Waals surface area contributed by atoms with Crippen molar-refractivity contribution in [3.05, 3.63) is 35.9 Å². The van der Waals surface area contributed by atoms with Crippen molar-refractivity contribution in [2.45, 2.75) is 45.4 Å². The molecule has 1 rings (SSSR count). The van der Waals surface area contributed by atoms with E-state index in [2.05, 4.69) is 12.1 Å². The second kappa shape index (κ2) is 9.97. The molecule has 1 aromatic rings. The first-order chi connectivity index (χ1) is 10.1. The lowest BCUT2D eigenvalue weighted by Crippen LogP contribution is -2.25. The first kappa shape index (κ1) is 17.2. The molecule has 21 heavy (non-hydrogen) atoms. The Balaban J connectivity index is 2.17. The zero-order valence-electron chi connectivity index (χ0n) is 12.6. The molecule has 116 valence electrons. The summed E-state index contributed by atoms with van der Waals surface area (Å²) < 4.78 is 4.78. The topological polar surface area (TPSA) is 63.6 Å². The summed E-state index contributed by atoms with van der Waals surface area (Å²) in [5, 5.41) is 9.02. The highest BCUT2D eigenvalue weighted by Crippen LogP contribution is 2.14. The fourth-order valence-electron chi connectivity index (χ4n) is 2.26. The lowest BCUT2D eigenvalue weighted by Gasteiger charge is -2.10. The average molecular weight is 292 g/mol. The number of rotatable bonds is 10. The van der Waals surface area contributed by atoms with E-state index in [0.29, 0.717) is 6.42 Å². The van der Waals surface area contributed by atoms with Gasteiger partial charge in [0.1, 0.15) is 0 Å². The van der Waals surface area contributed by atoms with Crippen LogP contribution in [0.25, 0.3) is 0 Å². The SMILES string of the molecule is CCOC(=O)[C@@H](CCCCCCc1ccccc1)C(=O)O. The van der Waals surface area contributed by atoms with Gasteiger partial charge in [0, 0.05) is 0 Å². The maximum atomic E-state index is 11.5. The van der Waals surface area contributed by atoms with Crippen molar-refractivity contribution in [3.63, 3.8) is 0 Å². The van der Waals surface area contributed by atoms with E-state index in [1.807, 2.05) is 18.2 Å². The average Bonchev–Trinajstić information content (AvgIpc) is 2.47. The van der Waals surface area contributed by atoms with Crippen molar-refractivity contribution >= 4 is 11.9 Å². The number of benzene rings is 1. The van der Waals surface area contributed by atoms with Gasteiger partial charge in [-0.15, -0.1) is 0 Å². The second-order valence-corrected chi connectivity index (χ2v) is 5.08. The Morgan fingerprint density at radius 1 is 1.10 bits per heavy atom. The maximum Gasteiger partial charge on any atom is 0.320 e. The molecule has 0 unspecified atom stereocenters. The van der Waals surface area contributed by atoms with Gasteiger partial charge in [-0.3, -0.25) is 9.59 Å². The largest absolute Gasteiger partial charge is 0.481 e. The number of ether oxygens (including phenoxy) is 1. The van der Waals surface area contributed by atoms with Gasteiger partial charge in [-0.2, -0.15) is 0 Å². The summed E-state index contributed by atoms with van der Waals surface area (Å²) in [6.07, 6.45) is 5.21. The van der Waals surface area contributed by atoms with Gasteiger partial charge in [0.15, 0.2) is 5.92 Å². The van der Waals surface area contributed by atoms with E-state index in [-0.39, 0.29) is 6.61 Å². The van der Waals surface area contributed by atoms with Gasteiger partial charge >= 0.3 is 11.9 Å². The second-order valence-electron chi connectivity index (χ2n) is 5.08. The highest BCUT2D eigenvalue weighted by Gasteiger charge is 2.26. The number of hydrogen-bond donors (Lipinski definition) is 1. The van der Waals surface area contributed by atoms with Crippen LogP contribution in [0.4, 0.5) is 0 Å². The number of carbonyl (C=O) groups excluding carboxylic acids is 1. The Kier molecular flexibility index (Phi) is 8.17. The lowest BCUT2D eigenvalue weighted by atomic mass is 10.00. The molecule has 4 heteroatoms. The summed E-state index contributed by atoms with van der Waals surface area (Å²) in [6.45, 7) is 1.90. The van der Waals surface area contributed by atoms with Crippen LogP contribution in [0.2, 0.25) is 0 Å². The molecule has 0 aliphatic rings. The first-order valence-corrected chi connectivity index (χ1v) is 7.58. The van der Waals surface area contributed by atoms with E-state index in [9.17, 15) is 9.59 Å². The summed E-state index contributed by atoms with van der Waals surface area (Å²) in [5.41, 5.74) is 1.33. The standard InChI is InChI=1S/C17H24O4/c1-2-21-17(20)15(16(18)19)13-9-4-3-6-10-14-11-7-5-8-12-14/h5,7-8,11-12,15H,2-4,6,9-10,13H2,1H3,(H,18,19)/t15-/m0/s1. The van der Waals surface area contributed by atoms with E-state index in [1.165, 1.54) is 5.56 Å². The van der Waals surface area contributed by atoms with E-state index in [4.69, 9.17) is 9.84 Å². The predicted octanol–water partition coefficient (Wildman–Crippen LogP) is 3.44. The lowest BCUT2D eigenvalue weighted by molar-refractivity contribution is -0.158. The van der Waals surface area contributed by atoms with Gasteiger partial charge in [0.25, 0.3) is 0 Å². The zero-order chi connectivity index (χ0) is 15.5. The molecule has 0 amide bonds. The Labute approximate surface area is 126 Å². The Hall–Kier alpha value is -1.84. The van der Waals surface area contributed by atoms with Crippen LogP contribution in [0.15, 0.2) is 30.3 Å². The number of carbonyl (C=O) groups is 2. The van der Waals surface area contributed by atoms with Crippen molar-refractivity contribution in [3.8, 4) is 0 Å². The van der Waals surface area contributed by atoms with E-state index < -0.39 is 17.9 Å². The molecule has 0 saturated carbocycles. The molecule has 1 aromatic carbocycles. The van der Waals surface area contributed by atoms with Gasteiger partial charge < -0.3 is 9.84 Å². The van der Waals surface area contributed by atoms with Gasteiger partial charge in [-0.05, 0) is 31.7 Å². The molecule has 0 saturated heterocycles. The number of hydrogen-bond acceptors (Lipinski definition) is 3. The van der Waals surface area contributed by atoms with Gasteiger partial charge in [0.2, 0.25) is 0 Å². The van der Waals surface area contributed by atoms with E-state index in [0.717, 1.165) is 32.1 Å². The Morgan fingerprint density at radius 2 is 1.76 bits per heavy atom. The molecule has 0 fully saturated rings. The maximum absolute atomic E-state index is 11.5. The third kappa shape index (κ3) is 6.93. The first-order valence-electron chi connectivity index (χ1n) is 7.58. The molecule has 1 N–H and O–H groups in total. The van der Waals surface area contributed by atoms with Gasteiger partial charge in [0.05, 0.1) is 6.61 Å². The van der Waals surface area contributed by atoms with Crippen molar-refractivity contribution in [1.82, 2.24) is 0 Å². The summed E-state index contributed by atoms with van der Waals surface area (Å²) in [4.78, 5) is 22.5. The van der Waals surface area contributed by atoms with Crippen molar-refractivity contribution in [1.29, 1.82) is 0 Å². The molecule has 0 bridgehead atoms. The number of esters is 1. The minimum atomic E-state index is -1.09. The smallest absolute Gasteiger partial charge is 0.320 e. The minimum absolute atomic E-state index is 0.222. The summed E-state index contributed by atoms with van der Waals surface area (Å²) >= 11 is 0. The predicted molar refractivity (Wildman–Crippen MR) is 81.0 cm³/mol. The third-order valence-electron chi connectivity index (χ3n) is 3.42.